The van der Waals surface area contributed by atoms with Crippen molar-refractivity contribution in [1.29, 1.82) is 0 Å². The molecular weight excluding hydrogens is 254 g/mol. The number of pyridine rings is 1. The molecule has 2 aromatic rings. The van der Waals surface area contributed by atoms with Crippen LogP contribution in [0.2, 0.25) is 0 Å². The van der Waals surface area contributed by atoms with Gasteiger partial charge in [0.2, 0.25) is 0 Å². The molecule has 2 heterocycles. The van der Waals surface area contributed by atoms with Crippen molar-refractivity contribution in [2.24, 2.45) is 0 Å². The first-order valence-electron chi connectivity index (χ1n) is 5.48. The number of rotatable bonds is 5. The second-order valence-corrected chi connectivity index (χ2v) is 4.69. The summed E-state index contributed by atoms with van der Waals surface area (Å²) in [7, 11) is 0. The first-order chi connectivity index (χ1) is 8.33. The molecule has 2 rings (SSSR count). The molecule has 3 nitrogen and oxygen atoms in total. The van der Waals surface area contributed by atoms with Crippen LogP contribution in [0.5, 0.6) is 0 Å². The summed E-state index contributed by atoms with van der Waals surface area (Å²) in [5.74, 6) is 0.470. The van der Waals surface area contributed by atoms with Gasteiger partial charge in [0.05, 0.1) is 23.8 Å². The lowest BCUT2D eigenvalue weighted by Gasteiger charge is -2.18. The monoisotopic (exact) mass is 267 g/mol. The van der Waals surface area contributed by atoms with Gasteiger partial charge >= 0.3 is 0 Å². The van der Waals surface area contributed by atoms with E-state index < -0.39 is 0 Å². The first-order valence-corrected chi connectivity index (χ1v) is 6.90. The van der Waals surface area contributed by atoms with Crippen molar-refractivity contribution in [3.63, 3.8) is 0 Å². The maximum Gasteiger partial charge on any atom is 0.185 e. The van der Waals surface area contributed by atoms with Crippen LogP contribution in [0.4, 0.5) is 5.13 Å². The average Bonchev–Trinajstić information content (AvgIpc) is 2.86. The Hall–Kier alpha value is -1.13. The fourth-order valence-corrected chi connectivity index (χ4v) is 2.62. The van der Waals surface area contributed by atoms with Crippen molar-refractivity contribution in [3.8, 4) is 0 Å². The summed E-state index contributed by atoms with van der Waals surface area (Å²) in [4.78, 5) is 11.0. The van der Waals surface area contributed by atoms with Crippen molar-refractivity contribution >= 4 is 28.1 Å². The summed E-state index contributed by atoms with van der Waals surface area (Å²) in [5.41, 5.74) is 1.99. The smallest absolute Gasteiger partial charge is 0.185 e. The Morgan fingerprint density at radius 3 is 2.82 bits per heavy atom. The van der Waals surface area contributed by atoms with E-state index in [1.165, 1.54) is 0 Å². The van der Waals surface area contributed by atoms with E-state index in [1.807, 2.05) is 29.8 Å². The van der Waals surface area contributed by atoms with Crippen LogP contribution >= 0.6 is 22.9 Å². The van der Waals surface area contributed by atoms with E-state index in [9.17, 15) is 0 Å². The van der Waals surface area contributed by atoms with Gasteiger partial charge in [0.1, 0.15) is 0 Å². The van der Waals surface area contributed by atoms with Crippen LogP contribution in [0.3, 0.4) is 0 Å². The molecule has 0 N–H and O–H groups in total. The highest BCUT2D eigenvalue weighted by Gasteiger charge is 2.10. The second kappa shape index (κ2) is 5.98. The average molecular weight is 268 g/mol. The fraction of sp³-hybridized carbons (Fsp3) is 0.333. The Morgan fingerprint density at radius 2 is 2.24 bits per heavy atom. The van der Waals surface area contributed by atoms with Gasteiger partial charge in [-0.3, -0.25) is 4.98 Å². The van der Waals surface area contributed by atoms with Crippen molar-refractivity contribution in [1.82, 2.24) is 9.97 Å². The highest BCUT2D eigenvalue weighted by Crippen LogP contribution is 2.22. The predicted molar refractivity (Wildman–Crippen MR) is 72.6 cm³/mol. The zero-order valence-corrected chi connectivity index (χ0v) is 11.2. The largest absolute Gasteiger partial charge is 0.342 e. The molecule has 0 unspecified atom stereocenters. The molecule has 0 atom stereocenters. The van der Waals surface area contributed by atoms with Gasteiger partial charge in [-0.05, 0) is 19.1 Å². The summed E-state index contributed by atoms with van der Waals surface area (Å²) >= 11 is 7.39. The summed E-state index contributed by atoms with van der Waals surface area (Å²) in [6.45, 7) is 3.81. The van der Waals surface area contributed by atoms with E-state index in [-0.39, 0.29) is 0 Å². The molecule has 0 aliphatic carbocycles. The minimum atomic E-state index is 0.470. The molecular formula is C12H14ClN3S. The predicted octanol–water partition coefficient (Wildman–Crippen LogP) is 3.30. The Morgan fingerprint density at radius 1 is 1.35 bits per heavy atom. The SMILES string of the molecule is CCN(Cc1ccccn1)c1nc(CCl)cs1. The van der Waals surface area contributed by atoms with Gasteiger partial charge in [-0.25, -0.2) is 4.98 Å². The lowest BCUT2D eigenvalue weighted by molar-refractivity contribution is 0.803. The summed E-state index contributed by atoms with van der Waals surface area (Å²) in [6.07, 6.45) is 1.81. The third-order valence-electron chi connectivity index (χ3n) is 2.41. The Kier molecular flexibility index (Phi) is 4.34. The molecule has 0 aliphatic rings. The second-order valence-electron chi connectivity index (χ2n) is 3.59. The highest BCUT2D eigenvalue weighted by molar-refractivity contribution is 7.13. The molecule has 0 aliphatic heterocycles. The minimum absolute atomic E-state index is 0.470. The first kappa shape index (κ1) is 12.3. The van der Waals surface area contributed by atoms with Crippen LogP contribution in [-0.2, 0) is 12.4 Å². The molecule has 0 bridgehead atoms. The van der Waals surface area contributed by atoms with Crippen LogP contribution in [-0.4, -0.2) is 16.5 Å². The highest BCUT2D eigenvalue weighted by atomic mass is 35.5. The van der Waals surface area contributed by atoms with Gasteiger partial charge in [0.15, 0.2) is 5.13 Å². The van der Waals surface area contributed by atoms with Crippen LogP contribution in [0.1, 0.15) is 18.3 Å². The molecule has 0 saturated heterocycles. The number of nitrogens with zero attached hydrogens (tertiary/aromatic N) is 3. The Bertz CT molecular complexity index is 458. The van der Waals surface area contributed by atoms with Crippen molar-refractivity contribution in [2.75, 3.05) is 11.4 Å². The molecule has 0 amide bonds. The van der Waals surface area contributed by atoms with E-state index in [4.69, 9.17) is 11.6 Å². The Balaban J connectivity index is 2.11. The van der Waals surface area contributed by atoms with Gasteiger partial charge in [-0.15, -0.1) is 22.9 Å². The van der Waals surface area contributed by atoms with Gasteiger partial charge in [-0.2, -0.15) is 0 Å². The number of aromatic nitrogens is 2. The third-order valence-corrected chi connectivity index (χ3v) is 3.63. The van der Waals surface area contributed by atoms with Crippen LogP contribution in [0.15, 0.2) is 29.8 Å². The van der Waals surface area contributed by atoms with Gasteiger partial charge in [0.25, 0.3) is 0 Å². The minimum Gasteiger partial charge on any atom is -0.342 e. The van der Waals surface area contributed by atoms with Crippen molar-refractivity contribution < 1.29 is 0 Å². The zero-order chi connectivity index (χ0) is 12.1. The third kappa shape index (κ3) is 3.17. The maximum absolute atomic E-state index is 5.76. The Labute approximate surface area is 110 Å². The number of anilines is 1. The lowest BCUT2D eigenvalue weighted by atomic mass is 10.3. The van der Waals surface area contributed by atoms with Crippen LogP contribution in [0, 0.1) is 0 Å². The molecule has 0 spiro atoms. The molecule has 0 fully saturated rings. The van der Waals surface area contributed by atoms with E-state index in [0.29, 0.717) is 5.88 Å². The molecule has 2 aromatic heterocycles. The van der Waals surface area contributed by atoms with Crippen LogP contribution in [0.25, 0.3) is 0 Å². The van der Waals surface area contributed by atoms with Gasteiger partial charge in [-0.1, -0.05) is 6.07 Å². The molecule has 5 heteroatoms. The number of thiazole rings is 1. The normalized spacial score (nSPS) is 10.5. The fourth-order valence-electron chi connectivity index (χ4n) is 1.50. The molecule has 17 heavy (non-hydrogen) atoms. The topological polar surface area (TPSA) is 29.0 Å². The van der Waals surface area contributed by atoms with E-state index >= 15 is 0 Å². The summed E-state index contributed by atoms with van der Waals surface area (Å²) < 4.78 is 0. The summed E-state index contributed by atoms with van der Waals surface area (Å²) in [5, 5.41) is 3.01. The van der Waals surface area contributed by atoms with Gasteiger partial charge in [0, 0.05) is 18.1 Å². The van der Waals surface area contributed by atoms with E-state index in [1.54, 1.807) is 11.3 Å². The molecule has 0 saturated carbocycles. The van der Waals surface area contributed by atoms with Gasteiger partial charge < -0.3 is 4.90 Å². The standard InChI is InChI=1S/C12H14ClN3S/c1-2-16(8-10-5-3-4-6-14-10)12-15-11(7-13)9-17-12/h3-6,9H,2,7-8H2,1H3. The number of alkyl halides is 1. The quantitative estimate of drug-likeness (QED) is 0.779. The molecule has 90 valence electrons. The van der Waals surface area contributed by atoms with Crippen LogP contribution < -0.4 is 4.90 Å². The van der Waals surface area contributed by atoms with E-state index in [0.717, 1.165) is 29.6 Å². The maximum atomic E-state index is 5.76. The zero-order valence-electron chi connectivity index (χ0n) is 9.64. The summed E-state index contributed by atoms with van der Waals surface area (Å²) in [6, 6.07) is 5.95. The van der Waals surface area contributed by atoms with E-state index in [2.05, 4.69) is 21.8 Å². The number of hydrogen-bond donors (Lipinski definition) is 0. The van der Waals surface area contributed by atoms with Crippen molar-refractivity contribution in [2.45, 2.75) is 19.3 Å². The molecule has 0 aromatic carbocycles. The molecule has 0 radical (unpaired) electrons. The van der Waals surface area contributed by atoms with Crippen molar-refractivity contribution in [3.05, 3.63) is 41.2 Å². The lowest BCUT2D eigenvalue weighted by Crippen LogP contribution is -2.22. The number of hydrogen-bond acceptors (Lipinski definition) is 4. The number of halogens is 1.